The molecule has 4 rings (SSSR count). The SMILES string of the molecule is CN(Cc1ccccc1)Cc1c(O)ccc2c(=O)c(-c3ccccc3Cl)c(C(F)(F)F)oc12. The van der Waals surface area contributed by atoms with Crippen LogP contribution in [0.3, 0.4) is 0 Å². The average molecular weight is 474 g/mol. The van der Waals surface area contributed by atoms with Gasteiger partial charge in [0.1, 0.15) is 11.3 Å². The number of alkyl halides is 3. The van der Waals surface area contributed by atoms with Crippen LogP contribution in [0.2, 0.25) is 5.02 Å². The van der Waals surface area contributed by atoms with E-state index >= 15 is 0 Å². The van der Waals surface area contributed by atoms with Crippen LogP contribution in [0.1, 0.15) is 16.9 Å². The molecule has 170 valence electrons. The highest BCUT2D eigenvalue weighted by molar-refractivity contribution is 6.33. The van der Waals surface area contributed by atoms with Crippen LogP contribution in [0.25, 0.3) is 22.1 Å². The molecule has 0 atom stereocenters. The fraction of sp³-hybridized carbons (Fsp3) is 0.160. The minimum absolute atomic E-state index is 0.00348. The summed E-state index contributed by atoms with van der Waals surface area (Å²) < 4.78 is 47.4. The Morgan fingerprint density at radius 2 is 1.64 bits per heavy atom. The normalized spacial score (nSPS) is 11.9. The molecular formula is C25H19ClF3NO3. The van der Waals surface area contributed by atoms with Gasteiger partial charge in [0, 0.05) is 23.7 Å². The second-order valence-corrected chi connectivity index (χ2v) is 8.12. The van der Waals surface area contributed by atoms with Crippen molar-refractivity contribution in [2.24, 2.45) is 0 Å². The molecule has 0 aliphatic rings. The number of benzene rings is 3. The van der Waals surface area contributed by atoms with Crippen LogP contribution in [0.15, 0.2) is 75.9 Å². The van der Waals surface area contributed by atoms with Gasteiger partial charge in [0.15, 0.2) is 0 Å². The summed E-state index contributed by atoms with van der Waals surface area (Å²) >= 11 is 6.11. The third-order valence-corrected chi connectivity index (χ3v) is 5.59. The number of rotatable bonds is 5. The molecule has 0 saturated heterocycles. The zero-order valence-corrected chi connectivity index (χ0v) is 18.2. The van der Waals surface area contributed by atoms with Gasteiger partial charge in [0.05, 0.1) is 16.5 Å². The molecule has 1 N–H and O–H groups in total. The predicted molar refractivity (Wildman–Crippen MR) is 121 cm³/mol. The molecule has 0 amide bonds. The van der Waals surface area contributed by atoms with Gasteiger partial charge in [-0.2, -0.15) is 13.2 Å². The topological polar surface area (TPSA) is 53.7 Å². The third kappa shape index (κ3) is 4.60. The molecule has 33 heavy (non-hydrogen) atoms. The van der Waals surface area contributed by atoms with Crippen LogP contribution < -0.4 is 5.43 Å². The number of phenols is 1. The van der Waals surface area contributed by atoms with Gasteiger partial charge in [0.25, 0.3) is 0 Å². The Kier molecular flexibility index (Phi) is 6.19. The molecule has 0 saturated carbocycles. The molecule has 1 aromatic heterocycles. The molecule has 0 fully saturated rings. The van der Waals surface area contributed by atoms with E-state index in [9.17, 15) is 23.1 Å². The Morgan fingerprint density at radius 1 is 0.970 bits per heavy atom. The van der Waals surface area contributed by atoms with Gasteiger partial charge in [-0.15, -0.1) is 0 Å². The van der Waals surface area contributed by atoms with E-state index in [1.54, 1.807) is 18.0 Å². The smallest absolute Gasteiger partial charge is 0.450 e. The van der Waals surface area contributed by atoms with E-state index < -0.39 is 22.9 Å². The number of fused-ring (bicyclic) bond motifs is 1. The van der Waals surface area contributed by atoms with Crippen molar-refractivity contribution < 1.29 is 22.7 Å². The van der Waals surface area contributed by atoms with Gasteiger partial charge in [-0.05, 0) is 30.8 Å². The summed E-state index contributed by atoms with van der Waals surface area (Å²) in [6.45, 7) is 0.536. The van der Waals surface area contributed by atoms with Crippen LogP contribution in [0.5, 0.6) is 5.75 Å². The monoisotopic (exact) mass is 473 g/mol. The number of halogens is 4. The largest absolute Gasteiger partial charge is 0.507 e. The Hall–Kier alpha value is -3.29. The minimum Gasteiger partial charge on any atom is -0.507 e. The summed E-state index contributed by atoms with van der Waals surface area (Å²) in [6, 6.07) is 17.8. The fourth-order valence-corrected chi connectivity index (χ4v) is 4.02. The van der Waals surface area contributed by atoms with Crippen LogP contribution in [-0.2, 0) is 19.3 Å². The first-order chi connectivity index (χ1) is 15.7. The fourth-order valence-electron chi connectivity index (χ4n) is 3.79. The summed E-state index contributed by atoms with van der Waals surface area (Å²) in [5.74, 6) is -1.71. The first kappa shape index (κ1) is 22.9. The zero-order valence-electron chi connectivity index (χ0n) is 17.5. The standard InChI is InChI=1S/C25H19ClF3NO3/c1-30(13-15-7-3-2-4-8-15)14-18-20(31)12-11-17-22(32)21(16-9-5-6-10-19(16)26)24(25(27,28)29)33-23(17)18/h2-12,31H,13-14H2,1H3. The number of hydrogen-bond donors (Lipinski definition) is 1. The summed E-state index contributed by atoms with van der Waals surface area (Å²) in [7, 11) is 1.76. The molecule has 4 aromatic rings. The third-order valence-electron chi connectivity index (χ3n) is 5.26. The number of phenolic OH excluding ortho intramolecular Hbond substituents is 1. The highest BCUT2D eigenvalue weighted by atomic mass is 35.5. The van der Waals surface area contributed by atoms with Crippen LogP contribution in [0, 0.1) is 0 Å². The summed E-state index contributed by atoms with van der Waals surface area (Å²) in [5, 5.41) is 10.4. The quantitative estimate of drug-likeness (QED) is 0.361. The molecule has 8 heteroatoms. The Morgan fingerprint density at radius 3 is 2.30 bits per heavy atom. The molecule has 0 aliphatic heterocycles. The van der Waals surface area contributed by atoms with Crippen molar-refractivity contribution in [2.45, 2.75) is 19.3 Å². The van der Waals surface area contributed by atoms with Crippen molar-refractivity contribution in [1.29, 1.82) is 0 Å². The first-order valence-electron chi connectivity index (χ1n) is 10.0. The van der Waals surface area contributed by atoms with Crippen molar-refractivity contribution in [3.8, 4) is 16.9 Å². The van der Waals surface area contributed by atoms with Gasteiger partial charge >= 0.3 is 6.18 Å². The first-order valence-corrected chi connectivity index (χ1v) is 10.4. The molecule has 0 aliphatic carbocycles. The van der Waals surface area contributed by atoms with Crippen LogP contribution >= 0.6 is 11.6 Å². The van der Waals surface area contributed by atoms with E-state index in [1.165, 1.54) is 30.3 Å². The molecule has 3 aromatic carbocycles. The zero-order chi connectivity index (χ0) is 23.8. The van der Waals surface area contributed by atoms with E-state index in [0.717, 1.165) is 5.56 Å². The molecule has 4 nitrogen and oxygen atoms in total. The van der Waals surface area contributed by atoms with E-state index in [-0.39, 0.29) is 39.4 Å². The van der Waals surface area contributed by atoms with E-state index in [1.807, 2.05) is 30.3 Å². The second-order valence-electron chi connectivity index (χ2n) is 7.71. The van der Waals surface area contributed by atoms with E-state index in [0.29, 0.717) is 6.54 Å². The number of nitrogens with zero attached hydrogens (tertiary/aromatic N) is 1. The van der Waals surface area contributed by atoms with Crippen molar-refractivity contribution in [1.82, 2.24) is 4.90 Å². The highest BCUT2D eigenvalue weighted by Crippen LogP contribution is 2.40. The molecule has 1 heterocycles. The lowest BCUT2D eigenvalue weighted by atomic mass is 10.00. The van der Waals surface area contributed by atoms with Crippen molar-refractivity contribution in [3.63, 3.8) is 0 Å². The Balaban J connectivity index is 1.90. The Labute approximate surface area is 192 Å². The summed E-state index contributed by atoms with van der Waals surface area (Å²) in [5.41, 5.74) is -0.822. The van der Waals surface area contributed by atoms with Crippen molar-refractivity contribution in [2.75, 3.05) is 7.05 Å². The maximum absolute atomic E-state index is 14.0. The minimum atomic E-state index is -4.96. The second kappa shape index (κ2) is 8.92. The predicted octanol–water partition coefficient (Wildman–Crippen LogP) is 6.47. The van der Waals surface area contributed by atoms with Gasteiger partial charge in [-0.3, -0.25) is 9.69 Å². The lowest BCUT2D eigenvalue weighted by molar-refractivity contribution is -0.152. The van der Waals surface area contributed by atoms with E-state index in [2.05, 4.69) is 0 Å². The van der Waals surface area contributed by atoms with Crippen molar-refractivity contribution >= 4 is 22.6 Å². The van der Waals surface area contributed by atoms with Gasteiger partial charge < -0.3 is 9.52 Å². The number of hydrogen-bond acceptors (Lipinski definition) is 4. The van der Waals surface area contributed by atoms with Gasteiger partial charge in [-0.1, -0.05) is 60.1 Å². The summed E-state index contributed by atoms with van der Waals surface area (Å²) in [6.07, 6.45) is -4.96. The maximum atomic E-state index is 14.0. The van der Waals surface area contributed by atoms with Crippen LogP contribution in [-0.4, -0.2) is 17.1 Å². The molecular weight excluding hydrogens is 455 g/mol. The van der Waals surface area contributed by atoms with Crippen molar-refractivity contribution in [3.05, 3.63) is 98.9 Å². The van der Waals surface area contributed by atoms with Gasteiger partial charge in [-0.25, -0.2) is 0 Å². The maximum Gasteiger partial charge on any atom is 0.450 e. The van der Waals surface area contributed by atoms with E-state index in [4.69, 9.17) is 16.0 Å². The lowest BCUT2D eigenvalue weighted by Gasteiger charge is -2.20. The average Bonchev–Trinajstić information content (AvgIpc) is 2.76. The number of aromatic hydroxyl groups is 1. The molecule has 0 bridgehead atoms. The van der Waals surface area contributed by atoms with Gasteiger partial charge in [0.2, 0.25) is 11.2 Å². The molecule has 0 unspecified atom stereocenters. The van der Waals surface area contributed by atoms with Crippen LogP contribution in [0.4, 0.5) is 13.2 Å². The highest BCUT2D eigenvalue weighted by Gasteiger charge is 2.40. The lowest BCUT2D eigenvalue weighted by Crippen LogP contribution is -2.19. The summed E-state index contributed by atoms with van der Waals surface area (Å²) in [4.78, 5) is 15.1. The Bertz CT molecular complexity index is 1370. The molecule has 0 spiro atoms. The molecule has 0 radical (unpaired) electrons.